The van der Waals surface area contributed by atoms with Crippen molar-refractivity contribution in [2.24, 2.45) is 0 Å². The zero-order valence-electron chi connectivity index (χ0n) is 17.8. The second-order valence-electron chi connectivity index (χ2n) is 7.75. The molecular formula is C22H25F2N3O4S. The maximum absolute atomic E-state index is 13.6. The molecule has 1 atom stereocenters. The van der Waals surface area contributed by atoms with E-state index in [1.54, 1.807) is 29.2 Å². The van der Waals surface area contributed by atoms with Gasteiger partial charge in [-0.15, -0.1) is 0 Å². The zero-order chi connectivity index (χ0) is 23.5. The number of carbonyl (C=O) groups excluding carboxylic acids is 2. The molecule has 0 aromatic heterocycles. The Balaban J connectivity index is 1.74. The molecule has 10 heteroatoms. The molecule has 0 aliphatic carbocycles. The molecule has 3 rings (SSSR count). The van der Waals surface area contributed by atoms with E-state index in [9.17, 15) is 26.8 Å². The summed E-state index contributed by atoms with van der Waals surface area (Å²) in [6.07, 6.45) is 3.94. The average Bonchev–Trinajstić information content (AvgIpc) is 2.76. The first-order valence-corrected chi connectivity index (χ1v) is 12.1. The van der Waals surface area contributed by atoms with E-state index in [-0.39, 0.29) is 11.6 Å². The molecule has 0 radical (unpaired) electrons. The summed E-state index contributed by atoms with van der Waals surface area (Å²) in [4.78, 5) is 27.1. The number of sulfonamides is 1. The van der Waals surface area contributed by atoms with Crippen molar-refractivity contribution in [3.8, 4) is 0 Å². The normalized spacial score (nSPS) is 15.2. The molecule has 7 nitrogen and oxygen atoms in total. The largest absolute Gasteiger partial charge is 0.339 e. The van der Waals surface area contributed by atoms with Gasteiger partial charge in [-0.3, -0.25) is 13.9 Å². The van der Waals surface area contributed by atoms with Crippen molar-refractivity contribution in [3.63, 3.8) is 0 Å². The minimum Gasteiger partial charge on any atom is -0.339 e. The van der Waals surface area contributed by atoms with E-state index in [1.165, 1.54) is 6.92 Å². The smallest absolute Gasteiger partial charge is 0.253 e. The van der Waals surface area contributed by atoms with Crippen LogP contribution in [-0.2, 0) is 14.8 Å². The number of piperidine rings is 1. The van der Waals surface area contributed by atoms with Crippen LogP contribution in [0.1, 0.15) is 36.5 Å². The number of anilines is 2. The molecule has 172 valence electrons. The number of nitrogens with one attached hydrogen (secondary N) is 1. The van der Waals surface area contributed by atoms with Crippen molar-refractivity contribution in [1.82, 2.24) is 4.90 Å². The molecule has 32 heavy (non-hydrogen) atoms. The van der Waals surface area contributed by atoms with E-state index in [2.05, 4.69) is 5.32 Å². The van der Waals surface area contributed by atoms with Crippen LogP contribution in [0.3, 0.4) is 0 Å². The highest BCUT2D eigenvalue weighted by Gasteiger charge is 2.30. The highest BCUT2D eigenvalue weighted by molar-refractivity contribution is 7.92. The van der Waals surface area contributed by atoms with E-state index >= 15 is 0 Å². The lowest BCUT2D eigenvalue weighted by atomic mass is 10.1. The highest BCUT2D eigenvalue weighted by atomic mass is 32.2. The van der Waals surface area contributed by atoms with Crippen LogP contribution in [0.25, 0.3) is 0 Å². The standard InChI is InChI=1S/C22H25F2N3O4S/c1-15(27(32(2,30)31)18-10-11-19(23)20(24)14-18)21(28)25-17-8-6-16(7-9-17)22(29)26-12-4-3-5-13-26/h6-11,14-15H,3-5,12-13H2,1-2H3,(H,25,28)/t15-/m0/s1. The number of rotatable bonds is 6. The predicted octanol–water partition coefficient (Wildman–Crippen LogP) is 3.38. The van der Waals surface area contributed by atoms with Crippen LogP contribution in [0.4, 0.5) is 20.2 Å². The topological polar surface area (TPSA) is 86.8 Å². The molecular weight excluding hydrogens is 440 g/mol. The molecule has 1 aliphatic heterocycles. The van der Waals surface area contributed by atoms with Crippen molar-refractivity contribution in [2.45, 2.75) is 32.2 Å². The fourth-order valence-electron chi connectivity index (χ4n) is 3.65. The van der Waals surface area contributed by atoms with Crippen LogP contribution in [0.2, 0.25) is 0 Å². The minimum atomic E-state index is -3.98. The van der Waals surface area contributed by atoms with E-state index in [4.69, 9.17) is 0 Å². The number of hydrogen-bond donors (Lipinski definition) is 1. The van der Waals surface area contributed by atoms with Crippen molar-refractivity contribution >= 4 is 33.2 Å². The van der Waals surface area contributed by atoms with E-state index < -0.39 is 33.6 Å². The summed E-state index contributed by atoms with van der Waals surface area (Å²) in [6.45, 7) is 2.78. The summed E-state index contributed by atoms with van der Waals surface area (Å²) in [7, 11) is -3.98. The quantitative estimate of drug-likeness (QED) is 0.709. The summed E-state index contributed by atoms with van der Waals surface area (Å²) < 4.78 is 52.2. The summed E-state index contributed by atoms with van der Waals surface area (Å²) in [6, 6.07) is 7.68. The average molecular weight is 466 g/mol. The Morgan fingerprint density at radius 3 is 2.19 bits per heavy atom. The van der Waals surface area contributed by atoms with Crippen molar-refractivity contribution in [1.29, 1.82) is 0 Å². The Morgan fingerprint density at radius 2 is 1.62 bits per heavy atom. The van der Waals surface area contributed by atoms with Gasteiger partial charge < -0.3 is 10.2 Å². The summed E-state index contributed by atoms with van der Waals surface area (Å²) >= 11 is 0. The Hall–Kier alpha value is -3.01. The zero-order valence-corrected chi connectivity index (χ0v) is 18.7. The minimum absolute atomic E-state index is 0.0717. The second kappa shape index (κ2) is 9.64. The Labute approximate surface area is 186 Å². The number of benzene rings is 2. The molecule has 0 spiro atoms. The van der Waals surface area contributed by atoms with Crippen molar-refractivity contribution in [2.75, 3.05) is 29.0 Å². The predicted molar refractivity (Wildman–Crippen MR) is 118 cm³/mol. The maximum atomic E-state index is 13.6. The van der Waals surface area contributed by atoms with Crippen LogP contribution in [0, 0.1) is 11.6 Å². The first-order valence-electron chi connectivity index (χ1n) is 10.2. The number of likely N-dealkylation sites (tertiary alicyclic amines) is 1. The first kappa shape index (κ1) is 23.6. The fraction of sp³-hybridized carbons (Fsp3) is 0.364. The molecule has 2 aromatic carbocycles. The van der Waals surface area contributed by atoms with Crippen LogP contribution in [0.5, 0.6) is 0 Å². The van der Waals surface area contributed by atoms with Gasteiger partial charge in [0.25, 0.3) is 5.91 Å². The van der Waals surface area contributed by atoms with Crippen molar-refractivity contribution in [3.05, 3.63) is 59.7 Å². The molecule has 1 aliphatic rings. The second-order valence-corrected chi connectivity index (χ2v) is 9.61. The number of carbonyl (C=O) groups is 2. The van der Waals surface area contributed by atoms with Crippen LogP contribution in [0.15, 0.2) is 42.5 Å². The van der Waals surface area contributed by atoms with Crippen LogP contribution in [-0.4, -0.2) is 50.5 Å². The Bertz CT molecular complexity index is 1100. The van der Waals surface area contributed by atoms with Gasteiger partial charge in [-0.2, -0.15) is 0 Å². The Kier molecular flexibility index (Phi) is 7.12. The van der Waals surface area contributed by atoms with E-state index in [1.807, 2.05) is 0 Å². The van der Waals surface area contributed by atoms with Gasteiger partial charge in [0.15, 0.2) is 11.6 Å². The molecule has 0 bridgehead atoms. The molecule has 1 heterocycles. The fourth-order valence-corrected chi connectivity index (χ4v) is 4.82. The van der Waals surface area contributed by atoms with Gasteiger partial charge in [0.2, 0.25) is 15.9 Å². The maximum Gasteiger partial charge on any atom is 0.253 e. The van der Waals surface area contributed by atoms with E-state index in [0.717, 1.165) is 61.1 Å². The third-order valence-electron chi connectivity index (χ3n) is 5.29. The molecule has 1 saturated heterocycles. The summed E-state index contributed by atoms with van der Waals surface area (Å²) in [5.74, 6) is -3.09. The Morgan fingerprint density at radius 1 is 1.00 bits per heavy atom. The molecule has 0 unspecified atom stereocenters. The third-order valence-corrected chi connectivity index (χ3v) is 6.53. The van der Waals surface area contributed by atoms with Crippen molar-refractivity contribution < 1.29 is 26.8 Å². The lowest BCUT2D eigenvalue weighted by Crippen LogP contribution is -2.45. The first-order chi connectivity index (χ1) is 15.1. The van der Waals surface area contributed by atoms with Crippen LogP contribution < -0.4 is 9.62 Å². The van der Waals surface area contributed by atoms with E-state index in [0.29, 0.717) is 11.3 Å². The SMILES string of the molecule is C[C@@H](C(=O)Nc1ccc(C(=O)N2CCCCC2)cc1)N(c1ccc(F)c(F)c1)S(C)(=O)=O. The number of hydrogen-bond acceptors (Lipinski definition) is 4. The molecule has 1 fully saturated rings. The van der Waals surface area contributed by atoms with Gasteiger partial charge in [-0.05, 0) is 62.6 Å². The lowest BCUT2D eigenvalue weighted by Gasteiger charge is -2.28. The third kappa shape index (κ3) is 5.42. The molecule has 1 N–H and O–H groups in total. The number of nitrogens with zero attached hydrogens (tertiary/aromatic N) is 2. The lowest BCUT2D eigenvalue weighted by molar-refractivity contribution is -0.116. The summed E-state index contributed by atoms with van der Waals surface area (Å²) in [5.41, 5.74) is 0.699. The van der Waals surface area contributed by atoms with Crippen LogP contribution >= 0.6 is 0 Å². The van der Waals surface area contributed by atoms with Gasteiger partial charge in [-0.25, -0.2) is 17.2 Å². The highest BCUT2D eigenvalue weighted by Crippen LogP contribution is 2.24. The van der Waals surface area contributed by atoms with Gasteiger partial charge in [0, 0.05) is 30.4 Å². The molecule has 2 aromatic rings. The van der Waals surface area contributed by atoms with Gasteiger partial charge >= 0.3 is 0 Å². The van der Waals surface area contributed by atoms with Gasteiger partial charge in [-0.1, -0.05) is 0 Å². The van der Waals surface area contributed by atoms with Gasteiger partial charge in [0.05, 0.1) is 11.9 Å². The monoisotopic (exact) mass is 465 g/mol. The summed E-state index contributed by atoms with van der Waals surface area (Å²) in [5, 5.41) is 2.60. The van der Waals surface area contributed by atoms with Gasteiger partial charge in [0.1, 0.15) is 6.04 Å². The number of halogens is 2. The number of amides is 2. The molecule has 2 amide bonds. The molecule has 0 saturated carbocycles.